The summed E-state index contributed by atoms with van der Waals surface area (Å²) in [5.41, 5.74) is 2.94. The van der Waals surface area contributed by atoms with Crippen LogP contribution in [0, 0.1) is 5.92 Å². The van der Waals surface area contributed by atoms with E-state index in [1.54, 1.807) is 10.6 Å². The third-order valence-electron chi connectivity index (χ3n) is 8.60. The van der Waals surface area contributed by atoms with Crippen molar-refractivity contribution in [2.24, 2.45) is 5.92 Å². The number of likely N-dealkylation sites (tertiary alicyclic amines) is 1. The Labute approximate surface area is 218 Å². The van der Waals surface area contributed by atoms with Crippen LogP contribution in [0.15, 0.2) is 52.1 Å². The summed E-state index contributed by atoms with van der Waals surface area (Å²) in [5.74, 6) is -1.50. The molecule has 198 valence electrons. The number of nitrogens with one attached hydrogen (secondary N) is 1. The van der Waals surface area contributed by atoms with Crippen molar-refractivity contribution >= 4 is 10.9 Å². The standard InChI is InChI=1S/C29H31F2N5O2/c1-18-4-3-9-35(12-18)13-21-11-23-24(19-7-8-19)14-36(26(37)25(23)33-21)22-6-2-5-20(10-22)28(15-29(30,31)16-28)27-34-32-17-38-27/h2,5-6,10-11,14,17-19,33H,3-4,7-9,12-13,15-16H2,1H3/t18-/m0/s1. The molecule has 38 heavy (non-hydrogen) atoms. The van der Waals surface area contributed by atoms with Gasteiger partial charge in [0, 0.05) is 48.9 Å². The van der Waals surface area contributed by atoms with Gasteiger partial charge in [-0.2, -0.15) is 0 Å². The molecule has 0 unspecified atom stereocenters. The molecule has 9 heteroatoms. The summed E-state index contributed by atoms with van der Waals surface area (Å²) >= 11 is 0. The number of pyridine rings is 1. The lowest BCUT2D eigenvalue weighted by Crippen LogP contribution is -2.50. The number of benzene rings is 1. The number of aromatic amines is 1. The van der Waals surface area contributed by atoms with Crippen LogP contribution in [-0.2, 0) is 12.0 Å². The first-order valence-corrected chi connectivity index (χ1v) is 13.6. The second-order valence-electron chi connectivity index (χ2n) is 11.7. The Balaban J connectivity index is 1.30. The van der Waals surface area contributed by atoms with Gasteiger partial charge in [0.1, 0.15) is 5.52 Å². The number of hydrogen-bond acceptors (Lipinski definition) is 5. The first kappa shape index (κ1) is 23.8. The normalized spacial score (nSPS) is 23.0. The van der Waals surface area contributed by atoms with Crippen molar-refractivity contribution in [3.63, 3.8) is 0 Å². The highest BCUT2D eigenvalue weighted by atomic mass is 19.3. The Bertz CT molecular complexity index is 1540. The zero-order chi connectivity index (χ0) is 26.1. The van der Waals surface area contributed by atoms with Crippen molar-refractivity contribution in [1.82, 2.24) is 24.6 Å². The Hall–Kier alpha value is -3.33. The van der Waals surface area contributed by atoms with E-state index in [0.717, 1.165) is 43.6 Å². The Morgan fingerprint density at radius 1 is 1.18 bits per heavy atom. The van der Waals surface area contributed by atoms with Gasteiger partial charge in [-0.25, -0.2) is 8.78 Å². The first-order valence-electron chi connectivity index (χ1n) is 13.6. The highest BCUT2D eigenvalue weighted by Crippen LogP contribution is 2.56. The van der Waals surface area contributed by atoms with Crippen molar-refractivity contribution in [1.29, 1.82) is 0 Å². The highest BCUT2D eigenvalue weighted by molar-refractivity contribution is 5.84. The maximum absolute atomic E-state index is 14.2. The number of H-pyrrole nitrogens is 1. The molecular formula is C29H31F2N5O2. The summed E-state index contributed by atoms with van der Waals surface area (Å²) < 4.78 is 35.4. The number of alkyl halides is 2. The van der Waals surface area contributed by atoms with Gasteiger partial charge in [-0.1, -0.05) is 19.1 Å². The smallest absolute Gasteiger partial charge is 0.279 e. The number of rotatable bonds is 6. The van der Waals surface area contributed by atoms with E-state index in [4.69, 9.17) is 4.42 Å². The monoisotopic (exact) mass is 519 g/mol. The van der Waals surface area contributed by atoms with Gasteiger partial charge in [-0.15, -0.1) is 10.2 Å². The van der Waals surface area contributed by atoms with E-state index in [0.29, 0.717) is 28.6 Å². The number of piperidine rings is 1. The quantitative estimate of drug-likeness (QED) is 0.363. The van der Waals surface area contributed by atoms with Gasteiger partial charge in [0.05, 0.1) is 5.41 Å². The molecule has 4 heterocycles. The zero-order valence-electron chi connectivity index (χ0n) is 21.4. The molecule has 4 aromatic rings. The largest absolute Gasteiger partial charge is 0.427 e. The highest BCUT2D eigenvalue weighted by Gasteiger charge is 2.61. The van der Waals surface area contributed by atoms with Crippen LogP contribution in [0.5, 0.6) is 0 Å². The summed E-state index contributed by atoms with van der Waals surface area (Å²) in [4.78, 5) is 19.7. The molecule has 3 fully saturated rings. The van der Waals surface area contributed by atoms with Gasteiger partial charge in [0.25, 0.3) is 11.5 Å². The molecule has 7 nitrogen and oxygen atoms in total. The molecule has 2 aliphatic carbocycles. The maximum atomic E-state index is 14.2. The van der Waals surface area contributed by atoms with Gasteiger partial charge in [0.15, 0.2) is 0 Å². The SMILES string of the molecule is C[C@H]1CCCN(Cc2cc3c(C4CC4)cn(-c4cccc(C5(c6nnco6)CC(F)(F)C5)c4)c(=O)c3[nH]2)C1. The van der Waals surface area contributed by atoms with Crippen LogP contribution < -0.4 is 5.56 Å². The predicted molar refractivity (Wildman–Crippen MR) is 139 cm³/mol. The van der Waals surface area contributed by atoms with Crippen molar-refractivity contribution in [3.8, 4) is 5.69 Å². The van der Waals surface area contributed by atoms with E-state index in [2.05, 4.69) is 33.1 Å². The van der Waals surface area contributed by atoms with E-state index in [-0.39, 0.29) is 11.4 Å². The van der Waals surface area contributed by atoms with Crippen molar-refractivity contribution in [2.45, 2.75) is 69.2 Å². The van der Waals surface area contributed by atoms with Crippen LogP contribution in [-0.4, -0.2) is 43.7 Å². The molecule has 1 saturated heterocycles. The van der Waals surface area contributed by atoms with Crippen molar-refractivity contribution in [2.75, 3.05) is 13.1 Å². The van der Waals surface area contributed by atoms with E-state index in [9.17, 15) is 13.6 Å². The van der Waals surface area contributed by atoms with Gasteiger partial charge in [0.2, 0.25) is 12.3 Å². The summed E-state index contributed by atoms with van der Waals surface area (Å²) in [5, 5.41) is 8.73. The molecule has 1 atom stereocenters. The maximum Gasteiger partial charge on any atom is 0.279 e. The molecular weight excluding hydrogens is 488 g/mol. The number of nitrogens with zero attached hydrogens (tertiary/aromatic N) is 4. The van der Waals surface area contributed by atoms with E-state index >= 15 is 0 Å². The summed E-state index contributed by atoms with van der Waals surface area (Å²) in [7, 11) is 0. The summed E-state index contributed by atoms with van der Waals surface area (Å²) in [6.07, 6.45) is 7.00. The van der Waals surface area contributed by atoms with Crippen LogP contribution in [0.1, 0.15) is 74.1 Å². The fourth-order valence-corrected chi connectivity index (χ4v) is 6.61. The van der Waals surface area contributed by atoms with Crippen LogP contribution in [0.3, 0.4) is 0 Å². The minimum absolute atomic E-state index is 0.134. The van der Waals surface area contributed by atoms with Crippen LogP contribution in [0.4, 0.5) is 8.78 Å². The molecule has 7 rings (SSSR count). The second-order valence-corrected chi connectivity index (χ2v) is 11.7. The minimum atomic E-state index is -2.80. The van der Waals surface area contributed by atoms with E-state index in [1.807, 2.05) is 24.4 Å². The Morgan fingerprint density at radius 3 is 2.74 bits per heavy atom. The number of fused-ring (bicyclic) bond motifs is 1. The van der Waals surface area contributed by atoms with Crippen molar-refractivity contribution < 1.29 is 13.2 Å². The lowest BCUT2D eigenvalue weighted by molar-refractivity contribution is -0.120. The minimum Gasteiger partial charge on any atom is -0.427 e. The number of halogens is 2. The average Bonchev–Trinajstić information content (AvgIpc) is 3.39. The second kappa shape index (κ2) is 8.59. The molecule has 0 bridgehead atoms. The lowest BCUT2D eigenvalue weighted by atomic mass is 9.62. The molecule has 1 aromatic carbocycles. The summed E-state index contributed by atoms with van der Waals surface area (Å²) in [6.45, 7) is 5.25. The predicted octanol–water partition coefficient (Wildman–Crippen LogP) is 5.53. The fourth-order valence-electron chi connectivity index (χ4n) is 6.61. The summed E-state index contributed by atoms with van der Waals surface area (Å²) in [6, 6.07) is 9.45. The fraction of sp³-hybridized carbons (Fsp3) is 0.483. The number of hydrogen-bond donors (Lipinski definition) is 1. The Kier molecular flexibility index (Phi) is 5.37. The van der Waals surface area contributed by atoms with Crippen LogP contribution >= 0.6 is 0 Å². The van der Waals surface area contributed by atoms with E-state index < -0.39 is 24.2 Å². The van der Waals surface area contributed by atoms with Crippen LogP contribution in [0.2, 0.25) is 0 Å². The first-order chi connectivity index (χ1) is 18.3. The topological polar surface area (TPSA) is 79.9 Å². The van der Waals surface area contributed by atoms with Gasteiger partial charge in [-0.3, -0.25) is 14.3 Å². The van der Waals surface area contributed by atoms with E-state index in [1.165, 1.54) is 24.8 Å². The zero-order valence-corrected chi connectivity index (χ0v) is 21.4. The molecule has 3 aromatic heterocycles. The van der Waals surface area contributed by atoms with Crippen LogP contribution in [0.25, 0.3) is 16.6 Å². The molecule has 2 saturated carbocycles. The third-order valence-corrected chi connectivity index (χ3v) is 8.60. The molecule has 0 spiro atoms. The third kappa shape index (κ3) is 3.99. The number of aromatic nitrogens is 4. The lowest BCUT2D eigenvalue weighted by Gasteiger charge is -2.45. The molecule has 1 N–H and O–H groups in total. The van der Waals surface area contributed by atoms with Gasteiger partial charge in [-0.05, 0) is 73.4 Å². The molecule has 1 aliphatic heterocycles. The molecule has 0 radical (unpaired) electrons. The van der Waals surface area contributed by atoms with Crippen molar-refractivity contribution in [3.05, 3.63) is 76.0 Å². The molecule has 0 amide bonds. The molecule has 3 aliphatic rings. The van der Waals surface area contributed by atoms with Gasteiger partial charge < -0.3 is 9.40 Å². The van der Waals surface area contributed by atoms with Gasteiger partial charge >= 0.3 is 0 Å². The average molecular weight is 520 g/mol. The Morgan fingerprint density at radius 2 is 2.03 bits per heavy atom.